The predicted octanol–water partition coefficient (Wildman–Crippen LogP) is 6.13. The molecule has 0 aliphatic carbocycles. The van der Waals surface area contributed by atoms with Crippen LogP contribution in [0.1, 0.15) is 5.56 Å². The number of thiocarbonyl (C=S) groups is 1. The van der Waals surface area contributed by atoms with Crippen molar-refractivity contribution in [2.75, 3.05) is 49.4 Å². The van der Waals surface area contributed by atoms with Gasteiger partial charge in [0.2, 0.25) is 0 Å². The summed E-state index contributed by atoms with van der Waals surface area (Å²) in [6.45, 7) is -0.431. The molecule has 1 aliphatic rings. The zero-order valence-electron chi connectivity index (χ0n) is 22.2. The summed E-state index contributed by atoms with van der Waals surface area (Å²) in [6, 6.07) is 25.0. The third kappa shape index (κ3) is 6.68. The Bertz CT molecular complexity index is 1360. The summed E-state index contributed by atoms with van der Waals surface area (Å²) in [5.74, 6) is -1.48. The van der Waals surface area contributed by atoms with Crippen molar-refractivity contribution in [3.8, 4) is 0 Å². The SMILES string of the molecule is CN(C)c1ccc(N(c2ccc(/C=C/C=C3\SC(=S)N(CC(=O)O)C3=O)cc2)c2ccc(N(C)C)cc2)cc1. The standard InChI is InChI=1S/C30H30N4O3S2/c1-31(2)22-12-16-25(17-13-22)34(26-18-14-23(15-19-26)32(3)4)24-10-8-21(9-11-24)6-5-7-27-29(37)33(20-28(35)36)30(38)39-27/h5-19H,20H2,1-4H3,(H,35,36)/b6-5+,27-7-. The van der Waals surface area contributed by atoms with Crippen LogP contribution >= 0.6 is 24.0 Å². The maximum atomic E-state index is 12.4. The monoisotopic (exact) mass is 558 g/mol. The van der Waals surface area contributed by atoms with Gasteiger partial charge in [-0.2, -0.15) is 0 Å². The molecular weight excluding hydrogens is 528 g/mol. The molecule has 7 nitrogen and oxygen atoms in total. The summed E-state index contributed by atoms with van der Waals surface area (Å²) < 4.78 is 0.253. The lowest BCUT2D eigenvalue weighted by atomic mass is 10.1. The normalized spacial score (nSPS) is 14.4. The van der Waals surface area contributed by atoms with Crippen LogP contribution in [0.15, 0.2) is 89.9 Å². The predicted molar refractivity (Wildman–Crippen MR) is 166 cm³/mol. The van der Waals surface area contributed by atoms with Crippen LogP contribution in [0.3, 0.4) is 0 Å². The second-order valence-electron chi connectivity index (χ2n) is 9.29. The van der Waals surface area contributed by atoms with E-state index in [2.05, 4.69) is 75.4 Å². The van der Waals surface area contributed by atoms with Crippen LogP contribution in [-0.4, -0.2) is 60.9 Å². The van der Waals surface area contributed by atoms with E-state index in [4.69, 9.17) is 17.3 Å². The van der Waals surface area contributed by atoms with Gasteiger partial charge in [0, 0.05) is 56.6 Å². The molecule has 1 amide bonds. The van der Waals surface area contributed by atoms with Crippen molar-refractivity contribution >= 4 is 74.7 Å². The zero-order valence-corrected chi connectivity index (χ0v) is 23.9. The van der Waals surface area contributed by atoms with E-state index in [1.165, 1.54) is 0 Å². The van der Waals surface area contributed by atoms with E-state index < -0.39 is 12.5 Å². The number of carboxylic acid groups (broad SMARTS) is 1. The fourth-order valence-electron chi connectivity index (χ4n) is 4.01. The van der Waals surface area contributed by atoms with E-state index in [0.29, 0.717) is 4.91 Å². The summed E-state index contributed by atoms with van der Waals surface area (Å²) in [7, 11) is 8.10. The Morgan fingerprint density at radius 3 is 1.69 bits per heavy atom. The summed E-state index contributed by atoms with van der Waals surface area (Å²) in [5.41, 5.74) is 6.32. The summed E-state index contributed by atoms with van der Waals surface area (Å²) in [4.78, 5) is 31.3. The second kappa shape index (κ2) is 12.2. The lowest BCUT2D eigenvalue weighted by molar-refractivity contribution is -0.140. The molecule has 1 saturated heterocycles. The molecule has 9 heteroatoms. The van der Waals surface area contributed by atoms with Gasteiger partial charge in [-0.25, -0.2) is 0 Å². The van der Waals surface area contributed by atoms with Gasteiger partial charge in [-0.05, 0) is 72.3 Å². The molecule has 1 aliphatic heterocycles. The maximum Gasteiger partial charge on any atom is 0.323 e. The molecule has 1 N–H and O–H groups in total. The fraction of sp³-hybridized carbons (Fsp3) is 0.167. The van der Waals surface area contributed by atoms with Gasteiger partial charge < -0.3 is 19.8 Å². The number of benzene rings is 3. The first-order valence-corrected chi connectivity index (χ1v) is 13.5. The largest absolute Gasteiger partial charge is 0.480 e. The van der Waals surface area contributed by atoms with Crippen molar-refractivity contribution < 1.29 is 14.7 Å². The molecule has 0 spiro atoms. The number of carbonyl (C=O) groups excluding carboxylic acids is 1. The van der Waals surface area contributed by atoms with Crippen molar-refractivity contribution in [1.82, 2.24) is 4.90 Å². The van der Waals surface area contributed by atoms with E-state index in [0.717, 1.165) is 50.7 Å². The highest BCUT2D eigenvalue weighted by atomic mass is 32.2. The Hall–Kier alpha value is -4.08. The first-order chi connectivity index (χ1) is 18.6. The van der Waals surface area contributed by atoms with E-state index in [-0.39, 0.29) is 10.2 Å². The van der Waals surface area contributed by atoms with Crippen molar-refractivity contribution in [1.29, 1.82) is 0 Å². The van der Waals surface area contributed by atoms with Crippen LogP contribution in [-0.2, 0) is 9.59 Å². The smallest absolute Gasteiger partial charge is 0.323 e. The number of rotatable bonds is 9. The first kappa shape index (κ1) is 27.9. The van der Waals surface area contributed by atoms with E-state index in [9.17, 15) is 9.59 Å². The number of amides is 1. The number of carbonyl (C=O) groups is 2. The van der Waals surface area contributed by atoms with Crippen molar-refractivity contribution in [3.63, 3.8) is 0 Å². The van der Waals surface area contributed by atoms with Crippen LogP contribution in [0.5, 0.6) is 0 Å². The third-order valence-corrected chi connectivity index (χ3v) is 7.50. The Balaban J connectivity index is 1.58. The number of anilines is 5. The van der Waals surface area contributed by atoms with Gasteiger partial charge in [-0.3, -0.25) is 14.5 Å². The lowest BCUT2D eigenvalue weighted by Crippen LogP contribution is -2.33. The highest BCUT2D eigenvalue weighted by Crippen LogP contribution is 2.36. The maximum absolute atomic E-state index is 12.4. The summed E-state index contributed by atoms with van der Waals surface area (Å²) in [5, 5.41) is 8.99. The molecule has 39 heavy (non-hydrogen) atoms. The number of hydrogen-bond donors (Lipinski definition) is 1. The van der Waals surface area contributed by atoms with Crippen molar-refractivity contribution in [2.45, 2.75) is 0 Å². The molecular formula is C30H30N4O3S2. The van der Waals surface area contributed by atoms with E-state index in [1.54, 1.807) is 12.2 Å². The van der Waals surface area contributed by atoms with Crippen LogP contribution in [0, 0.1) is 0 Å². The highest BCUT2D eigenvalue weighted by Gasteiger charge is 2.32. The molecule has 3 aromatic carbocycles. The van der Waals surface area contributed by atoms with Gasteiger partial charge in [0.15, 0.2) is 0 Å². The molecule has 4 rings (SSSR count). The van der Waals surface area contributed by atoms with Gasteiger partial charge >= 0.3 is 5.97 Å². The average molecular weight is 559 g/mol. The second-order valence-corrected chi connectivity index (χ2v) is 11.0. The third-order valence-electron chi connectivity index (χ3n) is 6.10. The van der Waals surface area contributed by atoms with E-state index in [1.807, 2.05) is 46.4 Å². The minimum absolute atomic E-state index is 0.253. The molecule has 1 fully saturated rings. The van der Waals surface area contributed by atoms with E-state index >= 15 is 0 Å². The van der Waals surface area contributed by atoms with Crippen LogP contribution in [0.2, 0.25) is 0 Å². The van der Waals surface area contributed by atoms with Crippen LogP contribution < -0.4 is 14.7 Å². The lowest BCUT2D eigenvalue weighted by Gasteiger charge is -2.27. The molecule has 0 bridgehead atoms. The number of thioether (sulfide) groups is 1. The first-order valence-electron chi connectivity index (χ1n) is 12.2. The molecule has 0 saturated carbocycles. The number of aliphatic carboxylic acids is 1. The topological polar surface area (TPSA) is 67.3 Å². The summed E-state index contributed by atoms with van der Waals surface area (Å²) >= 11 is 6.25. The molecule has 0 radical (unpaired) electrons. The highest BCUT2D eigenvalue weighted by molar-refractivity contribution is 8.26. The number of nitrogens with zero attached hydrogens (tertiary/aromatic N) is 4. The molecule has 1 heterocycles. The minimum Gasteiger partial charge on any atom is -0.480 e. The van der Waals surface area contributed by atoms with Gasteiger partial charge in [0.05, 0.1) is 4.91 Å². The Kier molecular flexibility index (Phi) is 8.73. The van der Waals surface area contributed by atoms with Crippen LogP contribution in [0.4, 0.5) is 28.4 Å². The quantitative estimate of drug-likeness (QED) is 0.249. The number of allylic oxidation sites excluding steroid dienone is 2. The molecule has 0 aromatic heterocycles. The zero-order chi connectivity index (χ0) is 28.1. The van der Waals surface area contributed by atoms with Gasteiger partial charge in [0.1, 0.15) is 10.9 Å². The summed E-state index contributed by atoms with van der Waals surface area (Å²) in [6.07, 6.45) is 5.34. The Morgan fingerprint density at radius 1 is 0.821 bits per heavy atom. The number of carboxylic acids is 1. The average Bonchev–Trinajstić information content (AvgIpc) is 3.17. The number of hydrogen-bond acceptors (Lipinski definition) is 7. The Morgan fingerprint density at radius 2 is 1.26 bits per heavy atom. The van der Waals surface area contributed by atoms with Crippen molar-refractivity contribution in [3.05, 3.63) is 95.4 Å². The molecule has 0 atom stereocenters. The van der Waals surface area contributed by atoms with Gasteiger partial charge in [-0.15, -0.1) is 0 Å². The molecule has 0 unspecified atom stereocenters. The van der Waals surface area contributed by atoms with Crippen LogP contribution in [0.25, 0.3) is 6.08 Å². The van der Waals surface area contributed by atoms with Gasteiger partial charge in [0.25, 0.3) is 5.91 Å². The molecule has 200 valence electrons. The van der Waals surface area contributed by atoms with Crippen molar-refractivity contribution in [2.24, 2.45) is 0 Å². The molecule has 3 aromatic rings. The van der Waals surface area contributed by atoms with Gasteiger partial charge in [-0.1, -0.05) is 48.3 Å². The fourth-order valence-corrected chi connectivity index (χ4v) is 5.22. The Labute approximate surface area is 238 Å². The minimum atomic E-state index is -1.10.